The number of rotatable bonds is 3. The van der Waals surface area contributed by atoms with Crippen LogP contribution in [0.2, 0.25) is 0 Å². The van der Waals surface area contributed by atoms with E-state index >= 15 is 0 Å². The van der Waals surface area contributed by atoms with E-state index in [1.165, 1.54) is 14.6 Å². The molecule has 0 aliphatic carbocycles. The maximum absolute atomic E-state index is 5.12. The molecule has 3 heteroatoms. The summed E-state index contributed by atoms with van der Waals surface area (Å²) in [6.45, 7) is 2.14. The second-order valence-electron chi connectivity index (χ2n) is 3.39. The molecular formula is C12H13NOSe. The van der Waals surface area contributed by atoms with Gasteiger partial charge in [0, 0.05) is 0 Å². The van der Waals surface area contributed by atoms with Gasteiger partial charge in [0.1, 0.15) is 0 Å². The van der Waals surface area contributed by atoms with Gasteiger partial charge in [-0.05, 0) is 0 Å². The molecular weight excluding hydrogens is 253 g/mol. The predicted octanol–water partition coefficient (Wildman–Crippen LogP) is 2.05. The van der Waals surface area contributed by atoms with Crippen LogP contribution >= 0.6 is 0 Å². The number of hydrogen-bond acceptors (Lipinski definition) is 2. The number of aromatic nitrogens is 1. The predicted molar refractivity (Wildman–Crippen MR) is 61.7 cm³/mol. The van der Waals surface area contributed by atoms with Gasteiger partial charge >= 0.3 is 95.5 Å². The zero-order valence-electron chi connectivity index (χ0n) is 8.86. The summed E-state index contributed by atoms with van der Waals surface area (Å²) >= 11 is 0.472. The van der Waals surface area contributed by atoms with Gasteiger partial charge in [-0.15, -0.1) is 0 Å². The SMILES string of the molecule is COc1ccc(Cc2ncc(C)[se]2)cc1. The Morgan fingerprint density at radius 2 is 2.00 bits per heavy atom. The normalized spacial score (nSPS) is 10.3. The van der Waals surface area contributed by atoms with Crippen molar-refractivity contribution >= 4 is 14.5 Å². The molecule has 78 valence electrons. The van der Waals surface area contributed by atoms with Crippen molar-refractivity contribution in [2.75, 3.05) is 7.11 Å². The molecule has 0 N–H and O–H groups in total. The van der Waals surface area contributed by atoms with E-state index in [2.05, 4.69) is 24.0 Å². The number of methoxy groups -OCH3 is 1. The molecule has 1 aromatic heterocycles. The van der Waals surface area contributed by atoms with E-state index in [1.807, 2.05) is 18.3 Å². The van der Waals surface area contributed by atoms with Crippen molar-refractivity contribution in [2.45, 2.75) is 13.3 Å². The van der Waals surface area contributed by atoms with Crippen LogP contribution in [-0.4, -0.2) is 26.6 Å². The van der Waals surface area contributed by atoms with Crippen LogP contribution in [0.3, 0.4) is 0 Å². The fourth-order valence-corrected chi connectivity index (χ4v) is 3.12. The van der Waals surface area contributed by atoms with Gasteiger partial charge < -0.3 is 0 Å². The summed E-state index contributed by atoms with van der Waals surface area (Å²) in [5, 5.41) is 0. The second kappa shape index (κ2) is 4.65. The Morgan fingerprint density at radius 1 is 1.27 bits per heavy atom. The zero-order valence-corrected chi connectivity index (χ0v) is 10.6. The number of aryl methyl sites for hydroxylation is 1. The fourth-order valence-electron chi connectivity index (χ4n) is 1.40. The summed E-state index contributed by atoms with van der Waals surface area (Å²) in [6, 6.07) is 8.20. The molecule has 0 unspecified atom stereocenters. The summed E-state index contributed by atoms with van der Waals surface area (Å²) in [5.74, 6) is 0.909. The molecule has 1 heterocycles. The van der Waals surface area contributed by atoms with E-state index in [9.17, 15) is 0 Å². The van der Waals surface area contributed by atoms with Crippen molar-refractivity contribution in [3.8, 4) is 5.75 Å². The van der Waals surface area contributed by atoms with Crippen molar-refractivity contribution < 1.29 is 4.74 Å². The Morgan fingerprint density at radius 3 is 2.53 bits per heavy atom. The monoisotopic (exact) mass is 267 g/mol. The molecule has 2 rings (SSSR count). The Hall–Kier alpha value is -1.05. The molecule has 0 saturated carbocycles. The zero-order chi connectivity index (χ0) is 10.7. The van der Waals surface area contributed by atoms with E-state index in [1.54, 1.807) is 7.11 Å². The first-order valence-electron chi connectivity index (χ1n) is 4.82. The van der Waals surface area contributed by atoms with Crippen LogP contribution in [0.25, 0.3) is 0 Å². The molecule has 2 nitrogen and oxygen atoms in total. The molecule has 2 aromatic rings. The second-order valence-corrected chi connectivity index (χ2v) is 6.16. The first-order valence-corrected chi connectivity index (χ1v) is 6.53. The van der Waals surface area contributed by atoms with Gasteiger partial charge in [0.25, 0.3) is 0 Å². The third-order valence-electron chi connectivity index (χ3n) is 2.18. The van der Waals surface area contributed by atoms with Gasteiger partial charge in [0.05, 0.1) is 0 Å². The molecule has 0 spiro atoms. The summed E-state index contributed by atoms with van der Waals surface area (Å²) in [6.07, 6.45) is 2.96. The first kappa shape index (κ1) is 10.5. The van der Waals surface area contributed by atoms with Gasteiger partial charge in [0.2, 0.25) is 0 Å². The summed E-state index contributed by atoms with van der Waals surface area (Å²) in [5.41, 5.74) is 1.31. The molecule has 0 radical (unpaired) electrons. The quantitative estimate of drug-likeness (QED) is 0.793. The Labute approximate surface area is 95.7 Å². The van der Waals surface area contributed by atoms with Crippen LogP contribution in [0, 0.1) is 6.92 Å². The Kier molecular flexibility index (Phi) is 3.24. The number of ether oxygens (including phenoxy) is 1. The van der Waals surface area contributed by atoms with E-state index in [4.69, 9.17) is 4.74 Å². The topological polar surface area (TPSA) is 22.1 Å². The molecule has 0 amide bonds. The van der Waals surface area contributed by atoms with Crippen molar-refractivity contribution in [1.29, 1.82) is 0 Å². The van der Waals surface area contributed by atoms with Crippen molar-refractivity contribution in [2.24, 2.45) is 0 Å². The molecule has 1 aromatic carbocycles. The van der Waals surface area contributed by atoms with E-state index < -0.39 is 0 Å². The standard InChI is InChI=1S/C12H13NOSe/c1-9-8-13-12(15-9)7-10-3-5-11(14-2)6-4-10/h3-6,8H,7H2,1-2H3. The fraction of sp³-hybridized carbons (Fsp3) is 0.250. The molecule has 0 atom stereocenters. The van der Waals surface area contributed by atoms with Crippen molar-refractivity contribution in [3.05, 3.63) is 45.0 Å². The first-order chi connectivity index (χ1) is 7.28. The van der Waals surface area contributed by atoms with E-state index in [0.29, 0.717) is 14.5 Å². The van der Waals surface area contributed by atoms with Gasteiger partial charge in [-0.3, -0.25) is 0 Å². The number of nitrogens with zero attached hydrogens (tertiary/aromatic N) is 1. The van der Waals surface area contributed by atoms with Gasteiger partial charge in [-0.1, -0.05) is 0 Å². The average Bonchev–Trinajstić information content (AvgIpc) is 2.65. The number of hydrogen-bond donors (Lipinski definition) is 0. The maximum atomic E-state index is 5.12. The van der Waals surface area contributed by atoms with Crippen LogP contribution in [0.15, 0.2) is 30.5 Å². The van der Waals surface area contributed by atoms with Crippen LogP contribution in [-0.2, 0) is 6.42 Å². The third-order valence-corrected chi connectivity index (χ3v) is 4.10. The minimum absolute atomic E-state index is 0.472. The minimum atomic E-state index is 0.472. The van der Waals surface area contributed by atoms with Crippen molar-refractivity contribution in [3.63, 3.8) is 0 Å². The molecule has 0 saturated heterocycles. The molecule has 0 aliphatic heterocycles. The van der Waals surface area contributed by atoms with Gasteiger partial charge in [-0.2, -0.15) is 0 Å². The Bertz CT molecular complexity index is 433. The van der Waals surface area contributed by atoms with E-state index in [0.717, 1.165) is 12.2 Å². The molecule has 0 fully saturated rings. The molecule has 0 aliphatic rings. The van der Waals surface area contributed by atoms with Crippen LogP contribution in [0.5, 0.6) is 5.75 Å². The molecule has 0 bridgehead atoms. The number of benzene rings is 1. The van der Waals surface area contributed by atoms with Crippen LogP contribution in [0.1, 0.15) is 14.6 Å². The Balaban J connectivity index is 2.11. The van der Waals surface area contributed by atoms with Gasteiger partial charge in [-0.25, -0.2) is 0 Å². The van der Waals surface area contributed by atoms with Crippen molar-refractivity contribution in [1.82, 2.24) is 4.98 Å². The van der Waals surface area contributed by atoms with E-state index in [-0.39, 0.29) is 0 Å². The summed E-state index contributed by atoms with van der Waals surface area (Å²) in [4.78, 5) is 4.41. The van der Waals surface area contributed by atoms with Gasteiger partial charge in [0.15, 0.2) is 0 Å². The average molecular weight is 266 g/mol. The molecule has 15 heavy (non-hydrogen) atoms. The van der Waals surface area contributed by atoms with Crippen LogP contribution < -0.4 is 4.74 Å². The third kappa shape index (κ3) is 2.71. The summed E-state index contributed by atoms with van der Waals surface area (Å²) < 4.78 is 7.84. The van der Waals surface area contributed by atoms with Crippen LogP contribution in [0.4, 0.5) is 0 Å². The summed E-state index contributed by atoms with van der Waals surface area (Å²) in [7, 11) is 1.69.